The molecule has 0 aliphatic carbocycles. The van der Waals surface area contributed by atoms with Crippen molar-refractivity contribution in [2.45, 2.75) is 41.6 Å². The molecular weight excluding hydrogens is 398 g/mol. The van der Waals surface area contributed by atoms with E-state index in [0.717, 1.165) is 26.1 Å². The lowest BCUT2D eigenvalue weighted by atomic mass is 10.0. The first-order valence-corrected chi connectivity index (χ1v) is 12.3. The van der Waals surface area contributed by atoms with Crippen LogP contribution in [0.5, 0.6) is 0 Å². The SMILES string of the molecule is c1ccc(CN2CCC(NCCCN3c4ccccc4Sc4ccccc43)CC2)cc1. The number of hydrogen-bond acceptors (Lipinski definition) is 4. The fraction of sp³-hybridized carbons (Fsp3) is 0.333. The summed E-state index contributed by atoms with van der Waals surface area (Å²) in [4.78, 5) is 7.82. The van der Waals surface area contributed by atoms with E-state index in [2.05, 4.69) is 94.0 Å². The van der Waals surface area contributed by atoms with Gasteiger partial charge in [0.1, 0.15) is 0 Å². The van der Waals surface area contributed by atoms with E-state index in [1.54, 1.807) is 0 Å². The van der Waals surface area contributed by atoms with E-state index in [9.17, 15) is 0 Å². The first kappa shape index (κ1) is 20.6. The Morgan fingerprint density at radius 1 is 0.774 bits per heavy atom. The summed E-state index contributed by atoms with van der Waals surface area (Å²) >= 11 is 1.89. The predicted octanol–water partition coefficient (Wildman–Crippen LogP) is 5.93. The Balaban J connectivity index is 1.10. The minimum atomic E-state index is 0.656. The third-order valence-corrected chi connectivity index (χ3v) is 7.49. The Labute approximate surface area is 190 Å². The average molecular weight is 430 g/mol. The molecule has 2 heterocycles. The molecule has 160 valence electrons. The number of rotatable bonds is 7. The second kappa shape index (κ2) is 9.90. The maximum Gasteiger partial charge on any atom is 0.0552 e. The summed E-state index contributed by atoms with van der Waals surface area (Å²) in [5.74, 6) is 0. The van der Waals surface area contributed by atoms with E-state index in [-0.39, 0.29) is 0 Å². The lowest BCUT2D eigenvalue weighted by Gasteiger charge is -2.34. The van der Waals surface area contributed by atoms with Crippen molar-refractivity contribution in [2.75, 3.05) is 31.1 Å². The van der Waals surface area contributed by atoms with Crippen molar-refractivity contribution in [1.29, 1.82) is 0 Å². The van der Waals surface area contributed by atoms with Gasteiger partial charge >= 0.3 is 0 Å². The van der Waals surface area contributed by atoms with Crippen molar-refractivity contribution in [3.63, 3.8) is 0 Å². The van der Waals surface area contributed by atoms with Crippen LogP contribution in [0.15, 0.2) is 88.7 Å². The van der Waals surface area contributed by atoms with E-state index >= 15 is 0 Å². The number of likely N-dealkylation sites (tertiary alicyclic amines) is 1. The Morgan fingerprint density at radius 3 is 2.06 bits per heavy atom. The molecule has 3 aromatic rings. The van der Waals surface area contributed by atoms with Crippen molar-refractivity contribution in [1.82, 2.24) is 10.2 Å². The molecule has 2 aliphatic rings. The molecule has 0 radical (unpaired) electrons. The van der Waals surface area contributed by atoms with Crippen LogP contribution in [0, 0.1) is 0 Å². The zero-order valence-corrected chi connectivity index (χ0v) is 18.9. The van der Waals surface area contributed by atoms with Crippen LogP contribution in [0.1, 0.15) is 24.8 Å². The van der Waals surface area contributed by atoms with Crippen LogP contribution in [0.3, 0.4) is 0 Å². The summed E-state index contributed by atoms with van der Waals surface area (Å²) in [6.45, 7) is 5.60. The highest BCUT2D eigenvalue weighted by Crippen LogP contribution is 2.47. The van der Waals surface area contributed by atoms with Crippen LogP contribution in [0.4, 0.5) is 11.4 Å². The molecule has 0 aromatic heterocycles. The minimum Gasteiger partial charge on any atom is -0.340 e. The summed E-state index contributed by atoms with van der Waals surface area (Å²) in [5.41, 5.74) is 4.12. The van der Waals surface area contributed by atoms with E-state index < -0.39 is 0 Å². The zero-order chi connectivity index (χ0) is 20.9. The third-order valence-electron chi connectivity index (χ3n) is 6.36. The fourth-order valence-electron chi connectivity index (χ4n) is 4.70. The van der Waals surface area contributed by atoms with Gasteiger partial charge in [-0.2, -0.15) is 0 Å². The van der Waals surface area contributed by atoms with Gasteiger partial charge < -0.3 is 10.2 Å². The lowest BCUT2D eigenvalue weighted by Crippen LogP contribution is -2.42. The first-order chi connectivity index (χ1) is 15.4. The molecule has 0 amide bonds. The molecule has 3 nitrogen and oxygen atoms in total. The molecule has 0 spiro atoms. The van der Waals surface area contributed by atoms with Gasteiger partial charge in [0.05, 0.1) is 11.4 Å². The highest BCUT2D eigenvalue weighted by atomic mass is 32.2. The summed E-state index contributed by atoms with van der Waals surface area (Å²) in [6, 6.07) is 29.1. The molecule has 0 bridgehead atoms. The van der Waals surface area contributed by atoms with Crippen LogP contribution >= 0.6 is 11.8 Å². The highest BCUT2D eigenvalue weighted by molar-refractivity contribution is 7.99. The molecule has 0 atom stereocenters. The Bertz CT molecular complexity index is 937. The number of piperidine rings is 1. The number of para-hydroxylation sites is 2. The van der Waals surface area contributed by atoms with Gasteiger partial charge in [-0.05, 0) is 68.7 Å². The summed E-state index contributed by atoms with van der Waals surface area (Å²) in [5, 5.41) is 3.83. The van der Waals surface area contributed by atoms with Crippen LogP contribution in [0.25, 0.3) is 0 Å². The summed E-state index contributed by atoms with van der Waals surface area (Å²) in [6.07, 6.45) is 3.65. The fourth-order valence-corrected chi connectivity index (χ4v) is 5.80. The Kier molecular flexibility index (Phi) is 6.59. The normalized spacial score (nSPS) is 16.7. The Morgan fingerprint density at radius 2 is 1.39 bits per heavy atom. The van der Waals surface area contributed by atoms with Gasteiger partial charge in [-0.15, -0.1) is 0 Å². The summed E-state index contributed by atoms with van der Waals surface area (Å²) in [7, 11) is 0. The molecule has 4 heteroatoms. The van der Waals surface area contributed by atoms with Crippen molar-refractivity contribution in [3.05, 3.63) is 84.4 Å². The maximum atomic E-state index is 3.83. The van der Waals surface area contributed by atoms with Gasteiger partial charge in [0, 0.05) is 28.9 Å². The van der Waals surface area contributed by atoms with Gasteiger partial charge in [-0.3, -0.25) is 4.90 Å². The van der Waals surface area contributed by atoms with Crippen LogP contribution in [0.2, 0.25) is 0 Å². The number of benzene rings is 3. The van der Waals surface area contributed by atoms with E-state index in [1.807, 2.05) is 11.8 Å². The van der Waals surface area contributed by atoms with Gasteiger partial charge in [-0.25, -0.2) is 0 Å². The van der Waals surface area contributed by atoms with Crippen LogP contribution in [-0.4, -0.2) is 37.1 Å². The van der Waals surface area contributed by atoms with Gasteiger partial charge in [0.2, 0.25) is 0 Å². The van der Waals surface area contributed by atoms with E-state index in [1.165, 1.54) is 52.7 Å². The first-order valence-electron chi connectivity index (χ1n) is 11.5. The standard InChI is InChI=1S/C27H31N3S/c1-2-9-22(10-3-1)21-29-19-15-23(16-20-29)28-17-8-18-30-24-11-4-6-13-26(24)31-27-14-7-5-12-25(27)30/h1-7,9-14,23,28H,8,15-21H2. The molecule has 5 rings (SSSR count). The second-order valence-electron chi connectivity index (χ2n) is 8.53. The molecule has 1 fully saturated rings. The van der Waals surface area contributed by atoms with E-state index in [0.29, 0.717) is 6.04 Å². The predicted molar refractivity (Wildman–Crippen MR) is 131 cm³/mol. The van der Waals surface area contributed by atoms with Gasteiger partial charge in [0.15, 0.2) is 0 Å². The van der Waals surface area contributed by atoms with Crippen LogP contribution < -0.4 is 10.2 Å². The minimum absolute atomic E-state index is 0.656. The monoisotopic (exact) mass is 429 g/mol. The second-order valence-corrected chi connectivity index (χ2v) is 9.62. The molecule has 0 saturated carbocycles. The number of anilines is 2. The third kappa shape index (κ3) is 4.98. The van der Waals surface area contributed by atoms with Crippen molar-refractivity contribution >= 4 is 23.1 Å². The van der Waals surface area contributed by atoms with Crippen molar-refractivity contribution in [2.24, 2.45) is 0 Å². The van der Waals surface area contributed by atoms with Crippen LogP contribution in [-0.2, 0) is 6.54 Å². The van der Waals surface area contributed by atoms with E-state index in [4.69, 9.17) is 0 Å². The topological polar surface area (TPSA) is 18.5 Å². The molecule has 2 aliphatic heterocycles. The molecule has 1 saturated heterocycles. The molecule has 0 unspecified atom stereocenters. The molecular formula is C27H31N3S. The average Bonchev–Trinajstić information content (AvgIpc) is 2.83. The van der Waals surface area contributed by atoms with Gasteiger partial charge in [-0.1, -0.05) is 66.4 Å². The highest BCUT2D eigenvalue weighted by Gasteiger charge is 2.23. The number of fused-ring (bicyclic) bond motifs is 2. The van der Waals surface area contributed by atoms with Crippen molar-refractivity contribution in [3.8, 4) is 0 Å². The summed E-state index contributed by atoms with van der Waals surface area (Å²) < 4.78 is 0. The molecule has 31 heavy (non-hydrogen) atoms. The lowest BCUT2D eigenvalue weighted by molar-refractivity contribution is 0.191. The maximum absolute atomic E-state index is 3.83. The van der Waals surface area contributed by atoms with Crippen molar-refractivity contribution < 1.29 is 0 Å². The molecule has 3 aromatic carbocycles. The quantitative estimate of drug-likeness (QED) is 0.469. The zero-order valence-electron chi connectivity index (χ0n) is 18.0. The largest absolute Gasteiger partial charge is 0.340 e. The molecule has 1 N–H and O–H groups in total. The number of nitrogens with zero attached hydrogens (tertiary/aromatic N) is 2. The number of hydrogen-bond donors (Lipinski definition) is 1. The Hall–Kier alpha value is -2.27. The van der Waals surface area contributed by atoms with Gasteiger partial charge in [0.25, 0.3) is 0 Å². The number of nitrogens with one attached hydrogen (secondary N) is 1. The smallest absolute Gasteiger partial charge is 0.0552 e.